The van der Waals surface area contributed by atoms with Crippen LogP contribution in [0.1, 0.15) is 82.6 Å². The van der Waals surface area contributed by atoms with Gasteiger partial charge in [-0.2, -0.15) is 4.99 Å². The highest BCUT2D eigenvalue weighted by Gasteiger charge is 2.31. The number of methoxy groups -OCH3 is 1. The van der Waals surface area contributed by atoms with E-state index in [2.05, 4.69) is 29.2 Å². The minimum Gasteiger partial charge on any atom is -0.494 e. The molecule has 0 spiro atoms. The molecule has 2 aliphatic rings. The summed E-state index contributed by atoms with van der Waals surface area (Å²) in [5.41, 5.74) is 2.18. The molecule has 0 aliphatic heterocycles. The Labute approximate surface area is 164 Å². The molecule has 3 rings (SSSR count). The Morgan fingerprint density at radius 3 is 2.27 bits per heavy atom. The van der Waals surface area contributed by atoms with E-state index in [1.165, 1.54) is 69.8 Å². The third-order valence-electron chi connectivity index (χ3n) is 6.87. The standard InChI is InChI=1S/C23H33NOS/c1-3-4-17-5-7-18(8-6-17)19-9-11-20(12-10-19)21-13-14-22(24-16-26)23(15-21)25-2/h13-15,17-20H,3-12H2,1-2H3. The molecule has 26 heavy (non-hydrogen) atoms. The van der Waals surface area contributed by atoms with E-state index in [1.807, 2.05) is 6.07 Å². The molecule has 1 aromatic rings. The van der Waals surface area contributed by atoms with Crippen molar-refractivity contribution in [3.05, 3.63) is 23.8 Å². The Hall–Kier alpha value is -1.18. The van der Waals surface area contributed by atoms with Crippen molar-refractivity contribution >= 4 is 23.1 Å². The van der Waals surface area contributed by atoms with Crippen LogP contribution in [0.3, 0.4) is 0 Å². The largest absolute Gasteiger partial charge is 0.494 e. The van der Waals surface area contributed by atoms with Crippen LogP contribution in [0, 0.1) is 17.8 Å². The van der Waals surface area contributed by atoms with Gasteiger partial charge in [-0.25, -0.2) is 0 Å². The maximum absolute atomic E-state index is 5.50. The summed E-state index contributed by atoms with van der Waals surface area (Å²) in [6.45, 7) is 2.33. The molecule has 0 heterocycles. The third kappa shape index (κ3) is 4.75. The van der Waals surface area contributed by atoms with Gasteiger partial charge in [0.2, 0.25) is 0 Å². The number of aliphatic imine (C=N–C) groups is 1. The van der Waals surface area contributed by atoms with Gasteiger partial charge in [0.15, 0.2) is 0 Å². The van der Waals surface area contributed by atoms with Crippen molar-refractivity contribution in [1.82, 2.24) is 0 Å². The van der Waals surface area contributed by atoms with Gasteiger partial charge < -0.3 is 4.74 Å². The summed E-state index contributed by atoms with van der Waals surface area (Å²) in [5, 5.41) is 2.44. The predicted molar refractivity (Wildman–Crippen MR) is 113 cm³/mol. The fourth-order valence-electron chi connectivity index (χ4n) is 5.37. The maximum atomic E-state index is 5.50. The summed E-state index contributed by atoms with van der Waals surface area (Å²) < 4.78 is 5.50. The number of hydrogen-bond acceptors (Lipinski definition) is 3. The Morgan fingerprint density at radius 1 is 1.04 bits per heavy atom. The van der Waals surface area contributed by atoms with Crippen LogP contribution in [0.4, 0.5) is 5.69 Å². The Bertz CT molecular complexity index is 621. The second-order valence-electron chi connectivity index (χ2n) is 8.32. The summed E-state index contributed by atoms with van der Waals surface area (Å²) in [6, 6.07) is 6.38. The van der Waals surface area contributed by atoms with Crippen LogP contribution in [0.2, 0.25) is 0 Å². The lowest BCUT2D eigenvalue weighted by Gasteiger charge is -2.38. The summed E-state index contributed by atoms with van der Waals surface area (Å²) in [7, 11) is 1.70. The van der Waals surface area contributed by atoms with Gasteiger partial charge in [-0.15, -0.1) is 0 Å². The van der Waals surface area contributed by atoms with E-state index in [-0.39, 0.29) is 0 Å². The number of nitrogens with zero attached hydrogens (tertiary/aromatic N) is 1. The normalized spacial score (nSPS) is 29.0. The number of benzene rings is 1. The van der Waals surface area contributed by atoms with Crippen molar-refractivity contribution in [2.45, 2.75) is 77.0 Å². The van der Waals surface area contributed by atoms with E-state index >= 15 is 0 Å². The molecule has 0 atom stereocenters. The number of isothiocyanates is 1. The first-order chi connectivity index (χ1) is 12.7. The van der Waals surface area contributed by atoms with Crippen LogP contribution in [0.15, 0.2) is 23.2 Å². The molecule has 2 nitrogen and oxygen atoms in total. The van der Waals surface area contributed by atoms with Gasteiger partial charge >= 0.3 is 0 Å². The average Bonchev–Trinajstić information content (AvgIpc) is 2.69. The summed E-state index contributed by atoms with van der Waals surface area (Å²) in [6.07, 6.45) is 14.2. The van der Waals surface area contributed by atoms with Crippen molar-refractivity contribution in [1.29, 1.82) is 0 Å². The van der Waals surface area contributed by atoms with Crippen molar-refractivity contribution in [3.63, 3.8) is 0 Å². The molecule has 2 aliphatic carbocycles. The summed E-state index contributed by atoms with van der Waals surface area (Å²) >= 11 is 4.72. The monoisotopic (exact) mass is 371 g/mol. The van der Waals surface area contributed by atoms with Crippen molar-refractivity contribution in [2.24, 2.45) is 22.7 Å². The first-order valence-corrected chi connectivity index (χ1v) is 10.9. The number of rotatable bonds is 6. The summed E-state index contributed by atoms with van der Waals surface area (Å²) in [5.74, 6) is 4.47. The zero-order valence-electron chi connectivity index (χ0n) is 16.4. The van der Waals surface area contributed by atoms with Crippen molar-refractivity contribution in [3.8, 4) is 5.75 Å². The SMILES string of the molecule is CCCC1CCC(C2CCC(c3ccc(N=C=S)c(OC)c3)CC2)CC1. The molecular weight excluding hydrogens is 338 g/mol. The average molecular weight is 372 g/mol. The smallest absolute Gasteiger partial charge is 0.145 e. The van der Waals surface area contributed by atoms with Gasteiger partial charge in [0.05, 0.1) is 12.3 Å². The molecule has 142 valence electrons. The van der Waals surface area contributed by atoms with Gasteiger partial charge in [-0.05, 0) is 92.1 Å². The molecule has 1 aromatic carbocycles. The molecule has 0 saturated heterocycles. The van der Waals surface area contributed by atoms with Crippen LogP contribution >= 0.6 is 12.2 Å². The Balaban J connectivity index is 1.55. The van der Waals surface area contributed by atoms with Gasteiger partial charge in [0.25, 0.3) is 0 Å². The van der Waals surface area contributed by atoms with Gasteiger partial charge in [-0.1, -0.05) is 38.7 Å². The van der Waals surface area contributed by atoms with E-state index < -0.39 is 0 Å². The highest BCUT2D eigenvalue weighted by atomic mass is 32.1. The quantitative estimate of drug-likeness (QED) is 0.386. The lowest BCUT2D eigenvalue weighted by atomic mass is 9.68. The van der Waals surface area contributed by atoms with Crippen LogP contribution in [-0.2, 0) is 0 Å². The maximum Gasteiger partial charge on any atom is 0.145 e. The van der Waals surface area contributed by atoms with Gasteiger partial charge in [-0.3, -0.25) is 0 Å². The molecule has 0 amide bonds. The predicted octanol–water partition coefficient (Wildman–Crippen LogP) is 7.31. The fourth-order valence-corrected chi connectivity index (χ4v) is 5.47. The number of hydrogen-bond donors (Lipinski definition) is 0. The zero-order chi connectivity index (χ0) is 18.4. The highest BCUT2D eigenvalue weighted by Crippen LogP contribution is 2.45. The van der Waals surface area contributed by atoms with Crippen LogP contribution < -0.4 is 4.74 Å². The van der Waals surface area contributed by atoms with Crippen LogP contribution in [0.25, 0.3) is 0 Å². The van der Waals surface area contributed by atoms with Crippen LogP contribution in [-0.4, -0.2) is 12.3 Å². The molecule has 0 bridgehead atoms. The topological polar surface area (TPSA) is 21.6 Å². The Morgan fingerprint density at radius 2 is 1.69 bits per heavy atom. The number of ether oxygens (including phenoxy) is 1. The van der Waals surface area contributed by atoms with Crippen molar-refractivity contribution in [2.75, 3.05) is 7.11 Å². The summed E-state index contributed by atoms with van der Waals surface area (Å²) in [4.78, 5) is 4.10. The van der Waals surface area contributed by atoms with E-state index in [0.717, 1.165) is 29.2 Å². The zero-order valence-corrected chi connectivity index (χ0v) is 17.2. The van der Waals surface area contributed by atoms with Crippen LogP contribution in [0.5, 0.6) is 5.75 Å². The third-order valence-corrected chi connectivity index (χ3v) is 6.96. The molecule has 0 unspecified atom stereocenters. The van der Waals surface area contributed by atoms with Gasteiger partial charge in [0.1, 0.15) is 11.4 Å². The molecule has 0 aromatic heterocycles. The molecule has 3 heteroatoms. The first-order valence-electron chi connectivity index (χ1n) is 10.5. The first kappa shape index (κ1) is 19.6. The van der Waals surface area contributed by atoms with E-state index in [0.29, 0.717) is 5.92 Å². The highest BCUT2D eigenvalue weighted by molar-refractivity contribution is 7.78. The number of thiocarbonyl (C=S) groups is 1. The molecule has 0 radical (unpaired) electrons. The molecule has 2 fully saturated rings. The van der Waals surface area contributed by atoms with Gasteiger partial charge in [0, 0.05) is 0 Å². The van der Waals surface area contributed by atoms with E-state index in [1.54, 1.807) is 7.11 Å². The molecule has 2 saturated carbocycles. The van der Waals surface area contributed by atoms with E-state index in [9.17, 15) is 0 Å². The Kier molecular flexibility index (Phi) is 7.28. The molecule has 0 N–H and O–H groups in total. The second-order valence-corrected chi connectivity index (χ2v) is 8.50. The lowest BCUT2D eigenvalue weighted by molar-refractivity contribution is 0.156. The fraction of sp³-hybridized carbons (Fsp3) is 0.696. The lowest BCUT2D eigenvalue weighted by Crippen LogP contribution is -2.25. The van der Waals surface area contributed by atoms with Crippen molar-refractivity contribution < 1.29 is 4.74 Å². The van der Waals surface area contributed by atoms with E-state index in [4.69, 9.17) is 17.0 Å². The minimum atomic E-state index is 0.669. The molecular formula is C23H33NOS. The minimum absolute atomic E-state index is 0.669. The second kappa shape index (κ2) is 9.67.